The average molecular weight is 338 g/mol. The van der Waals surface area contributed by atoms with Gasteiger partial charge < -0.3 is 15.4 Å². The van der Waals surface area contributed by atoms with Crippen LogP contribution < -0.4 is 15.4 Å². The van der Waals surface area contributed by atoms with Crippen LogP contribution in [0.1, 0.15) is 0 Å². The third kappa shape index (κ3) is 5.31. The van der Waals surface area contributed by atoms with Crippen molar-refractivity contribution in [2.75, 3.05) is 17.2 Å². The predicted octanol–water partition coefficient (Wildman–Crippen LogP) is 3.20. The second-order valence-electron chi connectivity index (χ2n) is 4.68. The summed E-state index contributed by atoms with van der Waals surface area (Å²) in [5.41, 5.74) is 0.149. The topological polar surface area (TPSA) is 67.4 Å². The van der Waals surface area contributed by atoms with Crippen LogP contribution in [0.25, 0.3) is 0 Å². The van der Waals surface area contributed by atoms with Gasteiger partial charge in [-0.05, 0) is 30.3 Å². The zero-order valence-electron chi connectivity index (χ0n) is 12.3. The van der Waals surface area contributed by atoms with Crippen LogP contribution >= 0.6 is 0 Å². The number of rotatable bonds is 5. The number of anilines is 2. The fourth-order valence-corrected chi connectivity index (χ4v) is 1.74. The van der Waals surface area contributed by atoms with Crippen molar-refractivity contribution in [2.24, 2.45) is 0 Å². The molecule has 2 N–H and O–H groups in total. The maximum Gasteiger partial charge on any atom is 0.471 e. The highest BCUT2D eigenvalue weighted by atomic mass is 19.4. The lowest BCUT2D eigenvalue weighted by atomic mass is 10.2. The zero-order valence-corrected chi connectivity index (χ0v) is 12.3. The number of halogens is 3. The number of benzene rings is 2. The molecule has 0 aliphatic heterocycles. The van der Waals surface area contributed by atoms with Crippen molar-refractivity contribution in [1.29, 1.82) is 0 Å². The minimum absolute atomic E-state index is 0.0842. The Labute approximate surface area is 135 Å². The summed E-state index contributed by atoms with van der Waals surface area (Å²) < 4.78 is 41.9. The highest BCUT2D eigenvalue weighted by Crippen LogP contribution is 2.20. The van der Waals surface area contributed by atoms with Crippen molar-refractivity contribution in [3.05, 3.63) is 54.6 Å². The van der Waals surface area contributed by atoms with Crippen molar-refractivity contribution in [3.8, 4) is 5.75 Å². The Morgan fingerprint density at radius 3 is 2.17 bits per heavy atom. The van der Waals surface area contributed by atoms with E-state index in [1.54, 1.807) is 35.6 Å². The summed E-state index contributed by atoms with van der Waals surface area (Å²) in [4.78, 5) is 22.7. The molecule has 126 valence electrons. The first-order chi connectivity index (χ1) is 11.3. The van der Waals surface area contributed by atoms with Gasteiger partial charge in [0.05, 0.1) is 0 Å². The summed E-state index contributed by atoms with van der Waals surface area (Å²) >= 11 is 0. The van der Waals surface area contributed by atoms with Crippen LogP contribution in [0.15, 0.2) is 54.6 Å². The van der Waals surface area contributed by atoms with Gasteiger partial charge in [-0.25, -0.2) is 0 Å². The Hall–Kier alpha value is -3.03. The van der Waals surface area contributed by atoms with E-state index in [4.69, 9.17) is 4.74 Å². The number of hydrogen-bond donors (Lipinski definition) is 2. The van der Waals surface area contributed by atoms with Gasteiger partial charge in [0.15, 0.2) is 6.61 Å². The average Bonchev–Trinajstić information content (AvgIpc) is 2.53. The van der Waals surface area contributed by atoms with E-state index in [0.29, 0.717) is 5.75 Å². The number of amides is 2. The van der Waals surface area contributed by atoms with Crippen LogP contribution in [0.3, 0.4) is 0 Å². The molecule has 0 unspecified atom stereocenters. The second-order valence-corrected chi connectivity index (χ2v) is 4.68. The minimum atomic E-state index is -4.98. The number of para-hydroxylation sites is 1. The molecule has 0 spiro atoms. The van der Waals surface area contributed by atoms with Gasteiger partial charge in [-0.2, -0.15) is 13.2 Å². The molecule has 24 heavy (non-hydrogen) atoms. The van der Waals surface area contributed by atoms with Crippen molar-refractivity contribution in [3.63, 3.8) is 0 Å². The first-order valence-electron chi connectivity index (χ1n) is 6.80. The molecule has 2 aromatic carbocycles. The van der Waals surface area contributed by atoms with Crippen LogP contribution in [-0.2, 0) is 9.59 Å². The molecule has 0 aromatic heterocycles. The van der Waals surface area contributed by atoms with Crippen molar-refractivity contribution < 1.29 is 27.5 Å². The molecule has 0 bridgehead atoms. The van der Waals surface area contributed by atoms with E-state index in [1.807, 2.05) is 0 Å². The SMILES string of the molecule is O=C(COc1ccccc1)Nc1cccc(NC(=O)C(F)(F)F)c1. The second kappa shape index (κ2) is 7.49. The molecule has 2 aromatic rings. The van der Waals surface area contributed by atoms with Gasteiger partial charge in [0.1, 0.15) is 5.75 Å². The third-order valence-electron chi connectivity index (χ3n) is 2.77. The van der Waals surface area contributed by atoms with E-state index in [9.17, 15) is 22.8 Å². The first kappa shape index (κ1) is 17.3. The lowest BCUT2D eigenvalue weighted by Crippen LogP contribution is -2.30. The summed E-state index contributed by atoms with van der Waals surface area (Å²) in [7, 11) is 0. The molecule has 0 saturated heterocycles. The molecule has 0 radical (unpaired) electrons. The third-order valence-corrected chi connectivity index (χ3v) is 2.77. The van der Waals surface area contributed by atoms with Gasteiger partial charge >= 0.3 is 12.1 Å². The van der Waals surface area contributed by atoms with Crippen LogP contribution in [0.5, 0.6) is 5.75 Å². The van der Waals surface area contributed by atoms with Gasteiger partial charge in [-0.1, -0.05) is 24.3 Å². The molecule has 8 heteroatoms. The molecule has 5 nitrogen and oxygen atoms in total. The summed E-state index contributed by atoms with van der Waals surface area (Å²) in [5, 5.41) is 4.17. The Kier molecular flexibility index (Phi) is 5.41. The first-order valence-corrected chi connectivity index (χ1v) is 6.80. The quantitative estimate of drug-likeness (QED) is 0.880. The number of hydrogen-bond acceptors (Lipinski definition) is 3. The monoisotopic (exact) mass is 338 g/mol. The maximum absolute atomic E-state index is 12.2. The Morgan fingerprint density at radius 2 is 1.54 bits per heavy atom. The van der Waals surface area contributed by atoms with E-state index in [0.717, 1.165) is 0 Å². The summed E-state index contributed by atoms with van der Waals surface area (Å²) in [6.45, 7) is -0.261. The Morgan fingerprint density at radius 1 is 0.917 bits per heavy atom. The highest BCUT2D eigenvalue weighted by Gasteiger charge is 2.38. The van der Waals surface area contributed by atoms with Crippen LogP contribution in [0.4, 0.5) is 24.5 Å². The summed E-state index contributed by atoms with van der Waals surface area (Å²) in [5.74, 6) is -2.06. The van der Waals surface area contributed by atoms with Crippen LogP contribution in [-0.4, -0.2) is 24.6 Å². The van der Waals surface area contributed by atoms with E-state index in [-0.39, 0.29) is 18.0 Å². The number of carbonyl (C=O) groups excluding carboxylic acids is 2. The smallest absolute Gasteiger partial charge is 0.471 e. The molecule has 2 rings (SSSR count). The fraction of sp³-hybridized carbons (Fsp3) is 0.125. The molecule has 0 fully saturated rings. The van der Waals surface area contributed by atoms with Gasteiger partial charge in [-0.3, -0.25) is 9.59 Å². The largest absolute Gasteiger partial charge is 0.484 e. The van der Waals surface area contributed by atoms with Crippen molar-refractivity contribution >= 4 is 23.2 Å². The molecule has 2 amide bonds. The predicted molar refractivity (Wildman–Crippen MR) is 81.7 cm³/mol. The van der Waals surface area contributed by atoms with E-state index >= 15 is 0 Å². The molecule has 0 saturated carbocycles. The lowest BCUT2D eigenvalue weighted by molar-refractivity contribution is -0.167. The number of ether oxygens (including phenoxy) is 1. The van der Waals surface area contributed by atoms with E-state index in [1.165, 1.54) is 24.3 Å². The minimum Gasteiger partial charge on any atom is -0.484 e. The molecule has 0 aliphatic carbocycles. The van der Waals surface area contributed by atoms with E-state index < -0.39 is 18.0 Å². The molecular weight excluding hydrogens is 325 g/mol. The molecule has 0 atom stereocenters. The van der Waals surface area contributed by atoms with Gasteiger partial charge in [0.2, 0.25) is 0 Å². The molecular formula is C16H13F3N2O3. The molecule has 0 heterocycles. The number of alkyl halides is 3. The fourth-order valence-electron chi connectivity index (χ4n) is 1.74. The van der Waals surface area contributed by atoms with Crippen molar-refractivity contribution in [2.45, 2.75) is 6.18 Å². The van der Waals surface area contributed by atoms with Gasteiger partial charge in [-0.15, -0.1) is 0 Å². The molecule has 0 aliphatic rings. The van der Waals surface area contributed by atoms with E-state index in [2.05, 4.69) is 5.32 Å². The summed E-state index contributed by atoms with van der Waals surface area (Å²) in [6, 6.07) is 14.0. The highest BCUT2D eigenvalue weighted by molar-refractivity contribution is 5.96. The van der Waals surface area contributed by atoms with Crippen LogP contribution in [0, 0.1) is 0 Å². The lowest BCUT2D eigenvalue weighted by Gasteiger charge is -2.10. The normalized spacial score (nSPS) is 10.8. The maximum atomic E-state index is 12.2. The number of nitrogens with one attached hydrogen (secondary N) is 2. The number of carbonyl (C=O) groups is 2. The van der Waals surface area contributed by atoms with Crippen LogP contribution in [0.2, 0.25) is 0 Å². The Bertz CT molecular complexity index is 718. The Balaban J connectivity index is 1.91. The van der Waals surface area contributed by atoms with Gasteiger partial charge in [0.25, 0.3) is 5.91 Å². The summed E-state index contributed by atoms with van der Waals surface area (Å²) in [6.07, 6.45) is -4.98. The van der Waals surface area contributed by atoms with Crippen molar-refractivity contribution in [1.82, 2.24) is 0 Å². The standard InChI is InChI=1S/C16H13F3N2O3/c17-16(18,19)15(23)21-12-6-4-5-11(9-12)20-14(22)10-24-13-7-2-1-3-8-13/h1-9H,10H2,(H,20,22)(H,21,23). The van der Waals surface area contributed by atoms with Gasteiger partial charge in [0, 0.05) is 11.4 Å². The zero-order chi connectivity index (χ0) is 17.6.